The number of hydrogen-bond donors (Lipinski definition) is 3. The number of anilines is 1. The van der Waals surface area contributed by atoms with Crippen molar-refractivity contribution >= 4 is 11.6 Å². The smallest absolute Gasteiger partial charge is 0.368 e. The third-order valence-corrected chi connectivity index (χ3v) is 7.65. The number of hydrazine groups is 1. The van der Waals surface area contributed by atoms with Crippen LogP contribution in [0.3, 0.4) is 0 Å². The number of nitrogens with one attached hydrogen (secondary N) is 3. The molecule has 5 atom stereocenters. The molecule has 4 aliphatic rings. The average molecular weight is 477 g/mol. The Morgan fingerprint density at radius 1 is 1.15 bits per heavy atom. The Morgan fingerprint density at radius 2 is 1.85 bits per heavy atom. The highest BCUT2D eigenvalue weighted by atomic mass is 19.4. The number of alkyl halides is 3. The zero-order chi connectivity index (χ0) is 23.9. The van der Waals surface area contributed by atoms with Crippen LogP contribution in [0.1, 0.15) is 50.1 Å². The van der Waals surface area contributed by atoms with E-state index in [0.717, 1.165) is 32.1 Å². The third kappa shape index (κ3) is 4.61. The maximum Gasteiger partial charge on any atom is 0.408 e. The van der Waals surface area contributed by atoms with Crippen LogP contribution in [-0.2, 0) is 4.79 Å². The molecule has 0 bridgehead atoms. The Kier molecular flexibility index (Phi) is 6.44. The number of benzene rings is 1. The SMILES string of the molecule is N#CC[C@@H](C1CC1)N1NC(Nc2ccc(C(N3CCCC3)C(F)(F)F)cc2)C2C(=O)NCCC21. The van der Waals surface area contributed by atoms with Gasteiger partial charge in [0.2, 0.25) is 5.91 Å². The summed E-state index contributed by atoms with van der Waals surface area (Å²) >= 11 is 0. The molecule has 1 aromatic rings. The summed E-state index contributed by atoms with van der Waals surface area (Å²) in [5.41, 5.74) is 4.34. The van der Waals surface area contributed by atoms with Gasteiger partial charge in [-0.1, -0.05) is 12.1 Å². The highest BCUT2D eigenvalue weighted by Gasteiger charge is 2.52. The van der Waals surface area contributed by atoms with Crippen molar-refractivity contribution in [2.75, 3.05) is 25.0 Å². The van der Waals surface area contributed by atoms with Gasteiger partial charge in [-0.05, 0) is 68.8 Å². The highest BCUT2D eigenvalue weighted by molar-refractivity contribution is 5.82. The molecule has 1 saturated carbocycles. The number of fused-ring (bicyclic) bond motifs is 1. The number of likely N-dealkylation sites (tertiary alicyclic amines) is 1. The predicted molar refractivity (Wildman–Crippen MR) is 120 cm³/mol. The van der Waals surface area contributed by atoms with E-state index in [1.165, 1.54) is 17.0 Å². The van der Waals surface area contributed by atoms with Gasteiger partial charge in [-0.15, -0.1) is 0 Å². The molecule has 34 heavy (non-hydrogen) atoms. The molecular weight excluding hydrogens is 445 g/mol. The number of carbonyl (C=O) groups excluding carboxylic acids is 1. The Labute approximate surface area is 197 Å². The summed E-state index contributed by atoms with van der Waals surface area (Å²) in [5.74, 6) is 0.0691. The van der Waals surface area contributed by atoms with E-state index in [4.69, 9.17) is 0 Å². The van der Waals surface area contributed by atoms with Crippen molar-refractivity contribution in [3.8, 4) is 6.07 Å². The summed E-state index contributed by atoms with van der Waals surface area (Å²) in [6.45, 7) is 1.50. The molecule has 0 radical (unpaired) electrons. The van der Waals surface area contributed by atoms with Crippen molar-refractivity contribution in [1.29, 1.82) is 5.26 Å². The first-order chi connectivity index (χ1) is 16.4. The molecule has 1 aliphatic carbocycles. The van der Waals surface area contributed by atoms with Crippen LogP contribution in [0, 0.1) is 23.2 Å². The molecule has 5 rings (SSSR count). The molecule has 184 valence electrons. The summed E-state index contributed by atoms with van der Waals surface area (Å²) in [6.07, 6.45) is 0.211. The second-order valence-electron chi connectivity index (χ2n) is 9.91. The minimum atomic E-state index is -4.33. The van der Waals surface area contributed by atoms with E-state index in [1.807, 2.05) is 0 Å². The van der Waals surface area contributed by atoms with Crippen molar-refractivity contribution in [2.24, 2.45) is 11.8 Å². The average Bonchev–Trinajstić information content (AvgIpc) is 3.37. The molecule has 7 nitrogen and oxygen atoms in total. The van der Waals surface area contributed by atoms with Gasteiger partial charge in [0.05, 0.1) is 18.4 Å². The van der Waals surface area contributed by atoms with E-state index in [9.17, 15) is 23.2 Å². The number of nitriles is 1. The predicted octanol–water partition coefficient (Wildman–Crippen LogP) is 3.14. The first-order valence-corrected chi connectivity index (χ1v) is 12.2. The number of hydrogen-bond acceptors (Lipinski definition) is 6. The minimum Gasteiger partial charge on any atom is -0.368 e. The summed E-state index contributed by atoms with van der Waals surface area (Å²) in [5, 5.41) is 17.7. The fourth-order valence-electron chi connectivity index (χ4n) is 5.92. The van der Waals surface area contributed by atoms with E-state index in [-0.39, 0.29) is 29.5 Å². The maximum atomic E-state index is 13.8. The molecular formula is C24H31F3N6O. The van der Waals surface area contributed by atoms with Crippen molar-refractivity contribution in [2.45, 2.75) is 69.0 Å². The second-order valence-corrected chi connectivity index (χ2v) is 9.91. The van der Waals surface area contributed by atoms with Crippen molar-refractivity contribution in [1.82, 2.24) is 20.7 Å². The van der Waals surface area contributed by atoms with Gasteiger partial charge in [-0.25, -0.2) is 10.4 Å². The quantitative estimate of drug-likeness (QED) is 0.561. The normalized spacial score (nSPS) is 29.8. The van der Waals surface area contributed by atoms with E-state index < -0.39 is 18.4 Å². The van der Waals surface area contributed by atoms with Crippen LogP contribution in [0.5, 0.6) is 0 Å². The van der Waals surface area contributed by atoms with Gasteiger partial charge in [-0.3, -0.25) is 9.69 Å². The van der Waals surface area contributed by atoms with Gasteiger partial charge in [0, 0.05) is 24.3 Å². The number of halogens is 3. The van der Waals surface area contributed by atoms with Gasteiger partial charge in [0.25, 0.3) is 0 Å². The van der Waals surface area contributed by atoms with Gasteiger partial charge in [0.15, 0.2) is 0 Å². The Morgan fingerprint density at radius 3 is 2.47 bits per heavy atom. The van der Waals surface area contributed by atoms with Crippen molar-refractivity contribution < 1.29 is 18.0 Å². The van der Waals surface area contributed by atoms with Crippen molar-refractivity contribution in [3.05, 3.63) is 29.8 Å². The van der Waals surface area contributed by atoms with E-state index in [2.05, 4.69) is 27.1 Å². The highest BCUT2D eigenvalue weighted by Crippen LogP contribution is 2.42. The van der Waals surface area contributed by atoms with Crippen LogP contribution in [0.4, 0.5) is 18.9 Å². The van der Waals surface area contributed by atoms with E-state index >= 15 is 0 Å². The molecule has 0 aromatic heterocycles. The van der Waals surface area contributed by atoms with Gasteiger partial charge in [0.1, 0.15) is 12.2 Å². The molecule has 1 amide bonds. The number of carbonyl (C=O) groups is 1. The maximum absolute atomic E-state index is 13.8. The van der Waals surface area contributed by atoms with Crippen LogP contribution in [0.15, 0.2) is 24.3 Å². The summed E-state index contributed by atoms with van der Waals surface area (Å²) in [6, 6.07) is 7.14. The fraction of sp³-hybridized carbons (Fsp3) is 0.667. The first kappa shape index (κ1) is 23.4. The third-order valence-electron chi connectivity index (χ3n) is 7.65. The second kappa shape index (κ2) is 9.36. The van der Waals surface area contributed by atoms with Crippen LogP contribution >= 0.6 is 0 Å². The topological polar surface area (TPSA) is 83.4 Å². The van der Waals surface area contributed by atoms with Crippen LogP contribution in [0.25, 0.3) is 0 Å². The number of amides is 1. The van der Waals surface area contributed by atoms with Gasteiger partial charge < -0.3 is 10.6 Å². The lowest BCUT2D eigenvalue weighted by Gasteiger charge is -2.34. The molecule has 0 spiro atoms. The van der Waals surface area contributed by atoms with Crippen LogP contribution in [-0.4, -0.2) is 59.9 Å². The zero-order valence-corrected chi connectivity index (χ0v) is 19.0. The first-order valence-electron chi connectivity index (χ1n) is 12.2. The molecule has 10 heteroatoms. The van der Waals surface area contributed by atoms with Crippen molar-refractivity contribution in [3.63, 3.8) is 0 Å². The molecule has 3 heterocycles. The van der Waals surface area contributed by atoms with E-state index in [0.29, 0.717) is 37.7 Å². The monoisotopic (exact) mass is 476 g/mol. The Bertz CT molecular complexity index is 922. The number of rotatable bonds is 7. The lowest BCUT2D eigenvalue weighted by Crippen LogP contribution is -2.52. The fourth-order valence-corrected chi connectivity index (χ4v) is 5.92. The van der Waals surface area contributed by atoms with Crippen LogP contribution < -0.4 is 16.1 Å². The summed E-state index contributed by atoms with van der Waals surface area (Å²) in [4.78, 5) is 14.3. The largest absolute Gasteiger partial charge is 0.408 e. The molecule has 1 aromatic carbocycles. The van der Waals surface area contributed by atoms with E-state index in [1.54, 1.807) is 12.1 Å². The molecule has 3 N–H and O–H groups in total. The molecule has 3 aliphatic heterocycles. The Balaban J connectivity index is 1.34. The Hall–Kier alpha value is -2.35. The summed E-state index contributed by atoms with van der Waals surface area (Å²) in [7, 11) is 0. The zero-order valence-electron chi connectivity index (χ0n) is 19.0. The van der Waals surface area contributed by atoms with Gasteiger partial charge >= 0.3 is 6.18 Å². The standard InChI is InChI=1S/C24H31F3N6O/c25-24(26,27)21(32-13-1-2-14-32)16-5-7-17(8-6-16)30-22-20-19(10-12-29-23(20)34)33(31-22)18(9-11-28)15-3-4-15/h5-8,15,18-22,30-31H,1-4,9-10,12-14H2,(H,29,34)/t18-,19?,20?,21?,22?/m0/s1. The molecule has 4 unspecified atom stereocenters. The van der Waals surface area contributed by atoms with Crippen LogP contribution in [0.2, 0.25) is 0 Å². The lowest BCUT2D eigenvalue weighted by molar-refractivity contribution is -0.183. The lowest BCUT2D eigenvalue weighted by atomic mass is 9.90. The summed E-state index contributed by atoms with van der Waals surface area (Å²) < 4.78 is 41.5. The molecule has 3 saturated heterocycles. The number of piperidine rings is 1. The van der Waals surface area contributed by atoms with Gasteiger partial charge in [-0.2, -0.15) is 18.4 Å². The molecule has 4 fully saturated rings. The minimum absolute atomic E-state index is 0.0192. The number of nitrogens with zero attached hydrogens (tertiary/aromatic N) is 3.